The Morgan fingerprint density at radius 3 is 2.34 bits per heavy atom. The van der Waals surface area contributed by atoms with Crippen molar-refractivity contribution in [3.05, 3.63) is 88.7 Å². The Kier molecular flexibility index (Phi) is 12.4. The molecule has 1 aliphatic carbocycles. The van der Waals surface area contributed by atoms with Gasteiger partial charge in [0.05, 0.1) is 44.2 Å². The van der Waals surface area contributed by atoms with Crippen LogP contribution in [0.3, 0.4) is 0 Å². The van der Waals surface area contributed by atoms with E-state index in [1.54, 1.807) is 57.5 Å². The van der Waals surface area contributed by atoms with Crippen molar-refractivity contribution in [3.63, 3.8) is 0 Å². The molecular weight excluding hydrogens is 583 g/mol. The molecule has 1 amide bonds. The van der Waals surface area contributed by atoms with Gasteiger partial charge in [-0.1, -0.05) is 36.2 Å². The molecule has 0 bridgehead atoms. The zero-order valence-electron chi connectivity index (χ0n) is 25.6. The van der Waals surface area contributed by atoms with Gasteiger partial charge in [0, 0.05) is 50.1 Å². The van der Waals surface area contributed by atoms with E-state index in [9.17, 15) is 14.0 Å². The van der Waals surface area contributed by atoms with E-state index in [4.69, 9.17) is 13.9 Å². The summed E-state index contributed by atoms with van der Waals surface area (Å²) in [7, 11) is 4.85. The van der Waals surface area contributed by atoms with Crippen LogP contribution in [0.1, 0.15) is 50.6 Å². The number of carbonyl (C=O) groups is 2. The van der Waals surface area contributed by atoms with Gasteiger partial charge in [0.25, 0.3) is 5.91 Å². The Balaban J connectivity index is 0.00000141. The summed E-state index contributed by atoms with van der Waals surface area (Å²) in [4.78, 5) is 23.8. The minimum absolute atomic E-state index is 0.243. The van der Waals surface area contributed by atoms with Crippen LogP contribution >= 0.6 is 11.9 Å². The average molecular weight is 623 g/mol. The molecule has 1 N–H and O–H groups in total. The van der Waals surface area contributed by atoms with E-state index in [2.05, 4.69) is 20.4 Å². The van der Waals surface area contributed by atoms with Crippen LogP contribution in [-0.2, 0) is 20.8 Å². The lowest BCUT2D eigenvalue weighted by Gasteiger charge is -2.24. The first-order chi connectivity index (χ1) is 21.4. The number of hydrogen-bond acceptors (Lipinski definition) is 8. The van der Waals surface area contributed by atoms with Crippen LogP contribution in [-0.4, -0.2) is 66.1 Å². The van der Waals surface area contributed by atoms with Crippen LogP contribution in [0.25, 0.3) is 22.3 Å². The standard InChI is InChI=1S/C32H33FN2O5S.C2H6O/c1-34-32(37)30-27-17-26(23-7-8-23)28(18-29(27)40-31(30)24-9-11-25(33)12-10-24)35(41-2)13-14-38-15-16-39-20-22-5-3-21(19-36)4-6-22;1-3-2/h3-6,9-12,17-19,23H,7-8,13-16,20H2,1-2H3,(H,34,37);1-2H3. The van der Waals surface area contributed by atoms with Crippen LogP contribution in [0.15, 0.2) is 65.1 Å². The monoisotopic (exact) mass is 622 g/mol. The molecule has 0 aliphatic heterocycles. The zero-order valence-corrected chi connectivity index (χ0v) is 26.4. The van der Waals surface area contributed by atoms with Crippen molar-refractivity contribution >= 4 is 40.8 Å². The Hall–Kier alpha value is -3.70. The fourth-order valence-corrected chi connectivity index (χ4v) is 5.41. The van der Waals surface area contributed by atoms with Crippen molar-refractivity contribution in [2.24, 2.45) is 0 Å². The lowest BCUT2D eigenvalue weighted by atomic mass is 10.0. The van der Waals surface area contributed by atoms with Crippen LogP contribution in [0.4, 0.5) is 10.1 Å². The van der Waals surface area contributed by atoms with Gasteiger partial charge in [0.1, 0.15) is 23.4 Å². The molecule has 1 aliphatic rings. The second kappa shape index (κ2) is 16.4. The van der Waals surface area contributed by atoms with Crippen LogP contribution in [0.2, 0.25) is 0 Å². The number of rotatable bonds is 14. The summed E-state index contributed by atoms with van der Waals surface area (Å²) in [5.41, 5.74) is 5.60. The molecule has 234 valence electrons. The Morgan fingerprint density at radius 2 is 1.73 bits per heavy atom. The highest BCUT2D eigenvalue weighted by atomic mass is 32.2. The maximum atomic E-state index is 13.6. The fourth-order valence-electron chi connectivity index (χ4n) is 4.80. The van der Waals surface area contributed by atoms with Crippen LogP contribution < -0.4 is 9.62 Å². The van der Waals surface area contributed by atoms with Crippen molar-refractivity contribution in [2.75, 3.05) is 58.2 Å². The highest BCUT2D eigenvalue weighted by Crippen LogP contribution is 2.48. The molecule has 1 saturated carbocycles. The first-order valence-electron chi connectivity index (χ1n) is 14.4. The third kappa shape index (κ3) is 8.47. The van der Waals surface area contributed by atoms with Crippen molar-refractivity contribution in [2.45, 2.75) is 25.4 Å². The SMILES string of the molecule is CNC(=O)c1c(-c2ccc(F)cc2)oc2cc(N(CCOCCOCc3ccc(C=O)cc3)SC)c(C3CC3)cc12.COC. The number of anilines is 1. The van der Waals surface area contributed by atoms with E-state index in [1.165, 1.54) is 17.7 Å². The molecule has 1 aromatic heterocycles. The van der Waals surface area contributed by atoms with Crippen LogP contribution in [0, 0.1) is 5.82 Å². The number of hydrogen-bond donors (Lipinski definition) is 1. The van der Waals surface area contributed by atoms with E-state index in [0.717, 1.165) is 35.8 Å². The van der Waals surface area contributed by atoms with Gasteiger partial charge in [-0.15, -0.1) is 0 Å². The summed E-state index contributed by atoms with van der Waals surface area (Å²) in [6.45, 7) is 2.58. The Morgan fingerprint density at radius 1 is 1.05 bits per heavy atom. The maximum absolute atomic E-state index is 13.6. The topological polar surface area (TPSA) is 90.2 Å². The number of amides is 1. The maximum Gasteiger partial charge on any atom is 0.255 e. The first kappa shape index (κ1) is 33.2. The average Bonchev–Trinajstić information content (AvgIpc) is 3.83. The number of ether oxygens (including phenoxy) is 3. The number of nitrogens with one attached hydrogen (secondary N) is 1. The largest absolute Gasteiger partial charge is 0.455 e. The molecule has 1 fully saturated rings. The summed E-state index contributed by atoms with van der Waals surface area (Å²) >= 11 is 1.61. The molecule has 0 saturated heterocycles. The quantitative estimate of drug-likeness (QED) is 0.0926. The van der Waals surface area contributed by atoms with E-state index in [0.29, 0.717) is 66.9 Å². The van der Waals surface area contributed by atoms with Gasteiger partial charge >= 0.3 is 0 Å². The predicted molar refractivity (Wildman–Crippen MR) is 173 cm³/mol. The zero-order chi connectivity index (χ0) is 31.5. The molecule has 5 rings (SSSR count). The van der Waals surface area contributed by atoms with E-state index >= 15 is 0 Å². The first-order valence-corrected chi connectivity index (χ1v) is 15.6. The smallest absolute Gasteiger partial charge is 0.255 e. The molecule has 4 aromatic rings. The van der Waals surface area contributed by atoms with Gasteiger partial charge < -0.3 is 28.2 Å². The number of carbonyl (C=O) groups excluding carboxylic acids is 2. The van der Waals surface area contributed by atoms with Crippen LogP contribution in [0.5, 0.6) is 0 Å². The fraction of sp³-hybridized carbons (Fsp3) is 0.353. The highest BCUT2D eigenvalue weighted by molar-refractivity contribution is 7.99. The summed E-state index contributed by atoms with van der Waals surface area (Å²) in [6.07, 6.45) is 5.06. The summed E-state index contributed by atoms with van der Waals surface area (Å²) in [6, 6.07) is 17.4. The minimum Gasteiger partial charge on any atom is -0.455 e. The number of nitrogens with zero attached hydrogens (tertiary/aromatic N) is 1. The Bertz CT molecular complexity index is 1520. The molecule has 3 aromatic carbocycles. The van der Waals surface area contributed by atoms with Gasteiger partial charge in [-0.2, -0.15) is 0 Å². The highest BCUT2D eigenvalue weighted by Gasteiger charge is 2.31. The molecule has 44 heavy (non-hydrogen) atoms. The molecule has 0 unspecified atom stereocenters. The summed E-state index contributed by atoms with van der Waals surface area (Å²) < 4.78 is 37.9. The number of aldehydes is 1. The molecule has 0 spiro atoms. The van der Waals surface area contributed by atoms with Gasteiger partial charge in [-0.25, -0.2) is 4.39 Å². The third-order valence-corrected chi connectivity index (χ3v) is 7.92. The summed E-state index contributed by atoms with van der Waals surface area (Å²) in [5.74, 6) is 0.268. The second-order valence-electron chi connectivity index (χ2n) is 10.3. The third-order valence-electron chi connectivity index (χ3n) is 7.10. The lowest BCUT2D eigenvalue weighted by molar-refractivity contribution is 0.0436. The van der Waals surface area contributed by atoms with Crippen molar-refractivity contribution in [1.82, 2.24) is 5.32 Å². The normalized spacial score (nSPS) is 12.5. The number of methoxy groups -OCH3 is 1. The number of benzene rings is 3. The van der Waals surface area contributed by atoms with Gasteiger partial charge in [0.15, 0.2) is 0 Å². The van der Waals surface area contributed by atoms with Gasteiger partial charge in [-0.3, -0.25) is 9.59 Å². The molecule has 1 heterocycles. The van der Waals surface area contributed by atoms with E-state index < -0.39 is 0 Å². The minimum atomic E-state index is -0.348. The number of fused-ring (bicyclic) bond motifs is 1. The Labute approximate surface area is 262 Å². The van der Waals surface area contributed by atoms with Crippen molar-refractivity contribution < 1.29 is 32.6 Å². The number of halogens is 1. The van der Waals surface area contributed by atoms with Gasteiger partial charge in [0.2, 0.25) is 0 Å². The van der Waals surface area contributed by atoms with E-state index in [-0.39, 0.29) is 11.7 Å². The lowest BCUT2D eigenvalue weighted by Crippen LogP contribution is -2.22. The molecule has 8 nitrogen and oxygen atoms in total. The summed E-state index contributed by atoms with van der Waals surface area (Å²) in [5, 5.41) is 3.48. The molecule has 0 radical (unpaired) electrons. The van der Waals surface area contributed by atoms with Crippen molar-refractivity contribution in [1.29, 1.82) is 0 Å². The molecule has 10 heteroatoms. The van der Waals surface area contributed by atoms with Crippen molar-refractivity contribution in [3.8, 4) is 11.3 Å². The number of furan rings is 1. The van der Waals surface area contributed by atoms with Gasteiger partial charge in [-0.05, 0) is 60.2 Å². The predicted octanol–water partition coefficient (Wildman–Crippen LogP) is 6.87. The molecular formula is C34H39FN2O6S. The molecule has 0 atom stereocenters. The second-order valence-corrected chi connectivity index (χ2v) is 11.1. The van der Waals surface area contributed by atoms with E-state index in [1.807, 2.05) is 24.5 Å².